The van der Waals surface area contributed by atoms with Crippen LogP contribution < -0.4 is 16.4 Å². The fraction of sp³-hybridized carbons (Fsp3) is 0.111. The number of aromatic nitrogens is 1. The number of nitrogen functional groups attached to an aromatic ring is 1. The molecule has 1 heterocycles. The fourth-order valence-electron chi connectivity index (χ4n) is 2.25. The van der Waals surface area contributed by atoms with Crippen molar-refractivity contribution in [3.05, 3.63) is 54.1 Å². The summed E-state index contributed by atoms with van der Waals surface area (Å²) in [5, 5.41) is 5.03. The van der Waals surface area contributed by atoms with Crippen LogP contribution in [0.4, 0.5) is 15.6 Å². The lowest BCUT2D eigenvalue weighted by molar-refractivity contribution is -0.127. The molecule has 3 aromatic rings. The molecule has 1 atom stereocenters. The van der Waals surface area contributed by atoms with Crippen LogP contribution >= 0.6 is 11.3 Å². The van der Waals surface area contributed by atoms with Crippen molar-refractivity contribution in [1.29, 1.82) is 0 Å². The van der Waals surface area contributed by atoms with Gasteiger partial charge in [0.15, 0.2) is 11.2 Å². The average molecular weight is 384 g/mol. The van der Waals surface area contributed by atoms with Gasteiger partial charge in [-0.15, -0.1) is 0 Å². The lowest BCUT2D eigenvalue weighted by Gasteiger charge is -2.13. The van der Waals surface area contributed by atoms with E-state index in [1.807, 2.05) is 0 Å². The molecule has 138 valence electrons. The smallest absolute Gasteiger partial charge is 0.338 e. The van der Waals surface area contributed by atoms with Gasteiger partial charge in [-0.05, 0) is 37.3 Å². The number of nitrogens with one attached hydrogen (secondary N) is 2. The number of nitrogens with zero attached hydrogens (tertiary/aromatic N) is 1. The third kappa shape index (κ3) is 4.59. The summed E-state index contributed by atoms with van der Waals surface area (Å²) >= 11 is 1.24. The zero-order valence-electron chi connectivity index (χ0n) is 14.3. The van der Waals surface area contributed by atoms with Crippen LogP contribution in [0, 0.1) is 0 Å². The largest absolute Gasteiger partial charge is 0.449 e. The number of hydrogen-bond acceptors (Lipinski definition) is 7. The van der Waals surface area contributed by atoms with Crippen LogP contribution in [0.15, 0.2) is 48.5 Å². The SMILES string of the molecule is CC(OC(=O)c1ccc2nc(N)sc2c1)C(=O)NC(=O)Nc1ccccc1. The number of para-hydroxylation sites is 1. The number of carbonyl (C=O) groups is 3. The highest BCUT2D eigenvalue weighted by Crippen LogP contribution is 2.25. The molecule has 0 saturated heterocycles. The molecule has 8 nitrogen and oxygen atoms in total. The minimum absolute atomic E-state index is 0.263. The summed E-state index contributed by atoms with van der Waals surface area (Å²) in [6, 6.07) is 12.7. The summed E-state index contributed by atoms with van der Waals surface area (Å²) in [6.45, 7) is 1.38. The zero-order chi connectivity index (χ0) is 19.4. The number of imide groups is 1. The second-order valence-electron chi connectivity index (χ2n) is 5.59. The molecule has 0 fully saturated rings. The number of ether oxygens (including phenoxy) is 1. The highest BCUT2D eigenvalue weighted by Gasteiger charge is 2.21. The van der Waals surface area contributed by atoms with Crippen molar-refractivity contribution in [3.63, 3.8) is 0 Å². The second kappa shape index (κ2) is 7.83. The first-order chi connectivity index (χ1) is 12.9. The Labute approximate surface area is 158 Å². The molecule has 0 aliphatic rings. The highest BCUT2D eigenvalue weighted by molar-refractivity contribution is 7.22. The van der Waals surface area contributed by atoms with Gasteiger partial charge < -0.3 is 15.8 Å². The van der Waals surface area contributed by atoms with Crippen molar-refractivity contribution >= 4 is 50.3 Å². The molecular formula is C18H16N4O4S. The number of anilines is 2. The number of nitrogens with two attached hydrogens (primary N) is 1. The summed E-state index contributed by atoms with van der Waals surface area (Å²) in [5.74, 6) is -1.42. The number of esters is 1. The first-order valence-corrected chi connectivity index (χ1v) is 8.78. The van der Waals surface area contributed by atoms with Gasteiger partial charge in [-0.1, -0.05) is 29.5 Å². The first kappa shape index (κ1) is 18.3. The molecule has 4 N–H and O–H groups in total. The number of fused-ring (bicyclic) bond motifs is 1. The van der Waals surface area contributed by atoms with Gasteiger partial charge in [0.2, 0.25) is 0 Å². The average Bonchev–Trinajstić information content (AvgIpc) is 3.01. The third-order valence-electron chi connectivity index (χ3n) is 3.56. The monoisotopic (exact) mass is 384 g/mol. The maximum atomic E-state index is 12.2. The predicted octanol–water partition coefficient (Wildman–Crippen LogP) is 2.77. The van der Waals surface area contributed by atoms with Gasteiger partial charge in [0.1, 0.15) is 0 Å². The minimum atomic E-state index is -1.15. The summed E-state index contributed by atoms with van der Waals surface area (Å²) in [5.41, 5.74) is 7.11. The number of rotatable bonds is 4. The summed E-state index contributed by atoms with van der Waals surface area (Å²) in [7, 11) is 0. The van der Waals surface area contributed by atoms with E-state index in [9.17, 15) is 14.4 Å². The van der Waals surface area contributed by atoms with Crippen LogP contribution in [-0.2, 0) is 9.53 Å². The van der Waals surface area contributed by atoms with Crippen molar-refractivity contribution in [2.75, 3.05) is 11.1 Å². The van der Waals surface area contributed by atoms with E-state index >= 15 is 0 Å². The van der Waals surface area contributed by atoms with Gasteiger partial charge in [0.05, 0.1) is 15.8 Å². The van der Waals surface area contributed by atoms with E-state index in [0.29, 0.717) is 16.3 Å². The van der Waals surface area contributed by atoms with Gasteiger partial charge in [-0.25, -0.2) is 14.6 Å². The van der Waals surface area contributed by atoms with Crippen molar-refractivity contribution < 1.29 is 19.1 Å². The topological polar surface area (TPSA) is 123 Å². The Balaban J connectivity index is 1.57. The Hall–Kier alpha value is -3.46. The van der Waals surface area contributed by atoms with E-state index in [4.69, 9.17) is 10.5 Å². The lowest BCUT2D eigenvalue weighted by Crippen LogP contribution is -2.41. The van der Waals surface area contributed by atoms with Gasteiger partial charge in [0, 0.05) is 5.69 Å². The van der Waals surface area contributed by atoms with Crippen molar-refractivity contribution in [3.8, 4) is 0 Å². The van der Waals surface area contributed by atoms with E-state index in [1.165, 1.54) is 24.3 Å². The van der Waals surface area contributed by atoms with E-state index in [-0.39, 0.29) is 5.56 Å². The van der Waals surface area contributed by atoms with Crippen molar-refractivity contribution in [2.45, 2.75) is 13.0 Å². The van der Waals surface area contributed by atoms with Crippen LogP contribution in [0.1, 0.15) is 17.3 Å². The molecule has 0 bridgehead atoms. The number of amides is 3. The van der Waals surface area contributed by atoms with Gasteiger partial charge in [-0.3, -0.25) is 10.1 Å². The van der Waals surface area contributed by atoms with Crippen molar-refractivity contribution in [2.24, 2.45) is 0 Å². The van der Waals surface area contributed by atoms with E-state index < -0.39 is 24.0 Å². The molecule has 9 heteroatoms. The lowest BCUT2D eigenvalue weighted by atomic mass is 10.2. The first-order valence-electron chi connectivity index (χ1n) is 7.96. The molecule has 3 amide bonds. The fourth-order valence-corrected chi connectivity index (χ4v) is 3.02. The Bertz CT molecular complexity index is 1000. The maximum absolute atomic E-state index is 12.2. The molecule has 3 rings (SSSR count). The second-order valence-corrected chi connectivity index (χ2v) is 6.65. The number of thiazole rings is 1. The van der Waals surface area contributed by atoms with Crippen LogP contribution in [-0.4, -0.2) is 29.0 Å². The molecule has 1 unspecified atom stereocenters. The minimum Gasteiger partial charge on any atom is -0.449 e. The van der Waals surface area contributed by atoms with E-state index in [1.54, 1.807) is 42.5 Å². The summed E-state index contributed by atoms with van der Waals surface area (Å²) in [6.07, 6.45) is -1.15. The summed E-state index contributed by atoms with van der Waals surface area (Å²) in [4.78, 5) is 40.2. The molecule has 0 radical (unpaired) electrons. The van der Waals surface area contributed by atoms with E-state index in [0.717, 1.165) is 4.70 Å². The number of carbonyl (C=O) groups excluding carboxylic acids is 3. The highest BCUT2D eigenvalue weighted by atomic mass is 32.1. The number of benzene rings is 2. The van der Waals surface area contributed by atoms with Gasteiger partial charge >= 0.3 is 12.0 Å². The number of hydrogen-bond donors (Lipinski definition) is 3. The Morgan fingerprint density at radius 2 is 1.89 bits per heavy atom. The normalized spacial score (nSPS) is 11.6. The van der Waals surface area contributed by atoms with E-state index in [2.05, 4.69) is 15.6 Å². The van der Waals surface area contributed by atoms with Gasteiger partial charge in [-0.2, -0.15) is 0 Å². The van der Waals surface area contributed by atoms with Crippen LogP contribution in [0.5, 0.6) is 0 Å². The maximum Gasteiger partial charge on any atom is 0.338 e. The zero-order valence-corrected chi connectivity index (χ0v) is 15.1. The quantitative estimate of drug-likeness (QED) is 0.594. The van der Waals surface area contributed by atoms with Crippen LogP contribution in [0.2, 0.25) is 0 Å². The Morgan fingerprint density at radius 3 is 2.63 bits per heavy atom. The molecule has 2 aromatic carbocycles. The Morgan fingerprint density at radius 1 is 1.15 bits per heavy atom. The van der Waals surface area contributed by atoms with Crippen LogP contribution in [0.3, 0.4) is 0 Å². The Kier molecular flexibility index (Phi) is 5.32. The molecular weight excluding hydrogens is 368 g/mol. The summed E-state index contributed by atoms with van der Waals surface area (Å²) < 4.78 is 5.86. The number of urea groups is 1. The molecule has 0 spiro atoms. The molecule has 1 aromatic heterocycles. The standard InChI is InChI=1S/C18H16N4O4S/c1-10(15(23)22-18(25)20-12-5-3-2-4-6-12)26-16(24)11-7-8-13-14(9-11)27-17(19)21-13/h2-10H,1H3,(H2,19,21)(H2,20,22,23,25). The van der Waals surface area contributed by atoms with Gasteiger partial charge in [0.25, 0.3) is 5.91 Å². The van der Waals surface area contributed by atoms with Crippen LogP contribution in [0.25, 0.3) is 10.2 Å². The predicted molar refractivity (Wildman–Crippen MR) is 103 cm³/mol. The molecule has 0 saturated carbocycles. The molecule has 27 heavy (non-hydrogen) atoms. The third-order valence-corrected chi connectivity index (χ3v) is 4.41. The van der Waals surface area contributed by atoms with Crippen molar-refractivity contribution in [1.82, 2.24) is 10.3 Å². The molecule has 0 aliphatic carbocycles. The molecule has 0 aliphatic heterocycles.